The van der Waals surface area contributed by atoms with Crippen LogP contribution in [0.3, 0.4) is 0 Å². The van der Waals surface area contributed by atoms with Crippen LogP contribution in [0.5, 0.6) is 0 Å². The number of aliphatic hydroxyl groups is 9. The molecule has 4 aliphatic carbocycles. The predicted octanol–water partition coefficient (Wildman–Crippen LogP) is 0.159. The first-order valence-electron chi connectivity index (χ1n) is 19.9. The van der Waals surface area contributed by atoms with Gasteiger partial charge in [-0.05, 0) is 104 Å². The highest BCUT2D eigenvalue weighted by atomic mass is 16.7. The van der Waals surface area contributed by atoms with Crippen molar-refractivity contribution in [3.05, 3.63) is 11.6 Å². The van der Waals surface area contributed by atoms with Crippen LogP contribution in [0.1, 0.15) is 85.5 Å². The fraction of sp³-hybridized carbons (Fsp3) is 0.923. The second kappa shape index (κ2) is 16.4. The van der Waals surface area contributed by atoms with Crippen molar-refractivity contribution in [2.75, 3.05) is 19.8 Å². The quantitative estimate of drug-likeness (QED) is 0.129. The summed E-state index contributed by atoms with van der Waals surface area (Å²) in [5, 5.41) is 95.3. The number of fused-ring (bicyclic) bond motifs is 5. The first kappa shape index (κ1) is 41.5. The van der Waals surface area contributed by atoms with Crippen LogP contribution in [0.25, 0.3) is 0 Å². The third-order valence-electron chi connectivity index (χ3n) is 14.8. The van der Waals surface area contributed by atoms with Crippen LogP contribution >= 0.6 is 0 Å². The summed E-state index contributed by atoms with van der Waals surface area (Å²) in [6.45, 7) is 7.27. The zero-order chi connectivity index (χ0) is 38.6. The van der Waals surface area contributed by atoms with E-state index in [1.807, 2.05) is 19.9 Å². The minimum atomic E-state index is -1.79. The molecule has 0 unspecified atom stereocenters. The van der Waals surface area contributed by atoms with Gasteiger partial charge in [0, 0.05) is 13.0 Å². The lowest BCUT2D eigenvalue weighted by Crippen LogP contribution is -2.65. The van der Waals surface area contributed by atoms with Crippen molar-refractivity contribution in [2.45, 2.75) is 159 Å². The predicted molar refractivity (Wildman–Crippen MR) is 188 cm³/mol. The second-order valence-electron chi connectivity index (χ2n) is 17.7. The van der Waals surface area contributed by atoms with Crippen molar-refractivity contribution >= 4 is 5.78 Å². The molecule has 14 heteroatoms. The van der Waals surface area contributed by atoms with Crippen LogP contribution in [0.2, 0.25) is 0 Å². The van der Waals surface area contributed by atoms with Gasteiger partial charge in [-0.25, -0.2) is 0 Å². The highest BCUT2D eigenvalue weighted by molar-refractivity contribution is 5.91. The lowest BCUT2D eigenvalue weighted by atomic mass is 9.46. The molecular weight excluding hydrogens is 692 g/mol. The molecule has 53 heavy (non-hydrogen) atoms. The maximum absolute atomic E-state index is 12.4. The van der Waals surface area contributed by atoms with Gasteiger partial charge in [0.05, 0.1) is 25.4 Å². The third kappa shape index (κ3) is 7.55. The summed E-state index contributed by atoms with van der Waals surface area (Å²) >= 11 is 0. The molecule has 0 bridgehead atoms. The Morgan fingerprint density at radius 3 is 2.13 bits per heavy atom. The van der Waals surface area contributed by atoms with Gasteiger partial charge in [-0.1, -0.05) is 33.3 Å². The van der Waals surface area contributed by atoms with E-state index < -0.39 is 86.8 Å². The van der Waals surface area contributed by atoms with E-state index in [4.69, 9.17) is 18.9 Å². The molecule has 0 spiro atoms. The van der Waals surface area contributed by atoms with Crippen molar-refractivity contribution in [2.24, 2.45) is 46.3 Å². The van der Waals surface area contributed by atoms with Crippen molar-refractivity contribution < 1.29 is 69.7 Å². The topological polar surface area (TPSA) is 236 Å². The van der Waals surface area contributed by atoms with Crippen molar-refractivity contribution in [3.8, 4) is 0 Å². The Morgan fingerprint density at radius 2 is 1.47 bits per heavy atom. The molecule has 5 fully saturated rings. The van der Waals surface area contributed by atoms with E-state index >= 15 is 0 Å². The highest BCUT2D eigenvalue weighted by Gasteiger charge is 2.64. The van der Waals surface area contributed by atoms with Crippen LogP contribution in [-0.2, 0) is 23.7 Å². The minimum Gasteiger partial charge on any atom is -0.396 e. The number of ether oxygens (including phenoxy) is 4. The molecule has 0 radical (unpaired) electrons. The Balaban J connectivity index is 1.28. The summed E-state index contributed by atoms with van der Waals surface area (Å²) in [6.07, 6.45) is -8.06. The monoisotopic (exact) mass is 756 g/mol. The van der Waals surface area contributed by atoms with Crippen molar-refractivity contribution in [1.29, 1.82) is 0 Å². The van der Waals surface area contributed by atoms with Crippen LogP contribution in [-0.4, -0.2) is 145 Å². The van der Waals surface area contributed by atoms with Crippen LogP contribution in [0.15, 0.2) is 11.6 Å². The van der Waals surface area contributed by atoms with E-state index in [0.29, 0.717) is 37.5 Å². The van der Waals surface area contributed by atoms with E-state index in [1.54, 1.807) is 0 Å². The molecule has 2 heterocycles. The molecule has 9 N–H and O–H groups in total. The lowest BCUT2D eigenvalue weighted by Gasteiger charge is -2.58. The minimum absolute atomic E-state index is 0.0288. The van der Waals surface area contributed by atoms with Crippen molar-refractivity contribution in [1.82, 2.24) is 0 Å². The summed E-state index contributed by atoms with van der Waals surface area (Å²) in [5.41, 5.74) is 0.958. The molecule has 304 valence electrons. The Hall–Kier alpha value is -1.11. The molecule has 0 amide bonds. The number of hydrogen-bond acceptors (Lipinski definition) is 14. The Labute approximate surface area is 312 Å². The van der Waals surface area contributed by atoms with Crippen LogP contribution < -0.4 is 0 Å². The smallest absolute Gasteiger partial charge is 0.187 e. The number of allylic oxidation sites excluding steroid dienone is 1. The van der Waals surface area contributed by atoms with Gasteiger partial charge in [0.2, 0.25) is 0 Å². The Morgan fingerprint density at radius 1 is 0.811 bits per heavy atom. The lowest BCUT2D eigenvalue weighted by molar-refractivity contribution is -0.365. The molecule has 0 aromatic carbocycles. The summed E-state index contributed by atoms with van der Waals surface area (Å²) in [6, 6.07) is 0. The van der Waals surface area contributed by atoms with E-state index in [-0.39, 0.29) is 46.9 Å². The van der Waals surface area contributed by atoms with E-state index in [9.17, 15) is 50.8 Å². The molecule has 0 aromatic rings. The number of ketones is 1. The number of carbonyl (C=O) groups excluding carboxylic acids is 1. The largest absolute Gasteiger partial charge is 0.396 e. The van der Waals surface area contributed by atoms with E-state index in [0.717, 1.165) is 32.1 Å². The van der Waals surface area contributed by atoms with E-state index in [2.05, 4.69) is 13.8 Å². The molecule has 2 aliphatic heterocycles. The van der Waals surface area contributed by atoms with Crippen LogP contribution in [0.4, 0.5) is 0 Å². The SMILES string of the molecule is C[C@H](CO)CC[C@H](O)[C@@H](C)[C@H]1[C@@H](O[C@@H]2O[C@H](CO)[C@@H](O)[C@H](O[C@@H]3O[C@H](CO)[C@@H](O)[C@H](O)[C@H]3O)[C@H]2O)C[C@@H]2[C@@H]3CCC4=CC(=O)CC[C@]4(C)[C@@H]3CC[C@]12C. The van der Waals surface area contributed by atoms with Crippen molar-refractivity contribution in [3.63, 3.8) is 0 Å². The fourth-order valence-corrected chi connectivity index (χ4v) is 11.5. The molecular formula is C39H64O14. The third-order valence-corrected chi connectivity index (χ3v) is 14.8. The molecule has 2 saturated heterocycles. The molecule has 20 atom stereocenters. The Kier molecular flexibility index (Phi) is 12.8. The van der Waals surface area contributed by atoms with E-state index in [1.165, 1.54) is 5.57 Å². The van der Waals surface area contributed by atoms with Gasteiger partial charge in [0.15, 0.2) is 18.4 Å². The van der Waals surface area contributed by atoms with Gasteiger partial charge in [0.25, 0.3) is 0 Å². The fourth-order valence-electron chi connectivity index (χ4n) is 11.5. The van der Waals surface area contributed by atoms with Gasteiger partial charge in [-0.2, -0.15) is 0 Å². The van der Waals surface area contributed by atoms with Crippen LogP contribution in [0, 0.1) is 46.3 Å². The maximum Gasteiger partial charge on any atom is 0.187 e. The normalized spacial score (nSPS) is 49.0. The maximum atomic E-state index is 12.4. The highest BCUT2D eigenvalue weighted by Crippen LogP contribution is 2.68. The molecule has 14 nitrogen and oxygen atoms in total. The van der Waals surface area contributed by atoms with Gasteiger partial charge < -0.3 is 64.9 Å². The number of aliphatic hydroxyl groups excluding tert-OH is 9. The zero-order valence-corrected chi connectivity index (χ0v) is 31.5. The molecule has 6 aliphatic rings. The molecule has 0 aromatic heterocycles. The van der Waals surface area contributed by atoms with Gasteiger partial charge in [-0.3, -0.25) is 4.79 Å². The summed E-state index contributed by atoms with van der Waals surface area (Å²) in [4.78, 5) is 12.4. The number of rotatable bonds is 12. The second-order valence-corrected chi connectivity index (χ2v) is 17.7. The first-order chi connectivity index (χ1) is 25.1. The Bertz CT molecular complexity index is 1300. The number of carbonyl (C=O) groups is 1. The average molecular weight is 757 g/mol. The number of hydrogen-bond donors (Lipinski definition) is 9. The standard InChI is InChI=1S/C39H64O14/c1-18(15-40)5-8-25(44)19(2)29-26(14-24-22-7-6-20-13-21(43)9-11-38(20,3)23(22)10-12-39(24,29)4)50-37-34(49)35(31(46)28(17-42)52-37)53-36-33(48)32(47)30(45)27(16-41)51-36/h13,18-19,22-37,40-42,44-49H,5-12,14-17H2,1-4H3/t18-,19+,22+,23+,24+,25-,26-,27+,28+,29-,30+,31+,32-,33+,34+,35-,36-,37+,38-,39-/m0/s1. The zero-order valence-electron chi connectivity index (χ0n) is 31.5. The summed E-state index contributed by atoms with van der Waals surface area (Å²) < 4.78 is 24.1. The molecule has 3 saturated carbocycles. The average Bonchev–Trinajstić information content (AvgIpc) is 3.44. The molecule has 6 rings (SSSR count). The van der Waals surface area contributed by atoms with Gasteiger partial charge >= 0.3 is 0 Å². The first-order valence-corrected chi connectivity index (χ1v) is 19.9. The summed E-state index contributed by atoms with van der Waals surface area (Å²) in [7, 11) is 0. The van der Waals surface area contributed by atoms with Gasteiger partial charge in [-0.15, -0.1) is 0 Å². The van der Waals surface area contributed by atoms with Gasteiger partial charge in [0.1, 0.15) is 48.8 Å². The summed E-state index contributed by atoms with van der Waals surface area (Å²) in [5.74, 6) is 0.777.